The summed E-state index contributed by atoms with van der Waals surface area (Å²) in [5, 5.41) is 44.3. The SMILES string of the molecule is C[C@H](C(=O)OC[C@@H](CON(O)O)ON(O)O)c1ccc2cc(CO)ccc2c1. The Labute approximate surface area is 159 Å². The van der Waals surface area contributed by atoms with E-state index in [1.165, 1.54) is 0 Å². The zero-order valence-corrected chi connectivity index (χ0v) is 15.0. The van der Waals surface area contributed by atoms with Crippen LogP contribution in [0.5, 0.6) is 0 Å². The molecular formula is C17H22N2O9. The summed E-state index contributed by atoms with van der Waals surface area (Å²) in [7, 11) is 0. The number of benzene rings is 2. The van der Waals surface area contributed by atoms with Crippen LogP contribution in [0.2, 0.25) is 0 Å². The van der Waals surface area contributed by atoms with Gasteiger partial charge in [-0.15, -0.1) is 0 Å². The maximum Gasteiger partial charge on any atom is 0.313 e. The van der Waals surface area contributed by atoms with Gasteiger partial charge in [-0.2, -0.15) is 0 Å². The number of aliphatic hydroxyl groups is 1. The molecule has 0 spiro atoms. The van der Waals surface area contributed by atoms with Gasteiger partial charge in [0.2, 0.25) is 0 Å². The quantitative estimate of drug-likeness (QED) is 0.291. The lowest BCUT2D eigenvalue weighted by atomic mass is 9.97. The molecule has 28 heavy (non-hydrogen) atoms. The molecule has 11 nitrogen and oxygen atoms in total. The average Bonchev–Trinajstić information content (AvgIpc) is 2.67. The third-order valence-electron chi connectivity index (χ3n) is 4.00. The van der Waals surface area contributed by atoms with Crippen molar-refractivity contribution in [3.63, 3.8) is 0 Å². The molecular weight excluding hydrogens is 376 g/mol. The van der Waals surface area contributed by atoms with Crippen LogP contribution in [-0.4, -0.2) is 62.0 Å². The standard InChI is InChI=1S/C17H22N2O9/c1-11(13-4-5-14-6-12(8-20)2-3-15(14)7-13)17(21)26-9-16(28-19(24)25)10-27-18(22)23/h2-7,11,16,20,22-25H,8-10H2,1H3/t11-,16-/m0/s1. The fourth-order valence-corrected chi connectivity index (χ4v) is 2.51. The van der Waals surface area contributed by atoms with Crippen molar-refractivity contribution in [2.24, 2.45) is 0 Å². The predicted octanol–water partition coefficient (Wildman–Crippen LogP) is 1.37. The number of hydrogen-bond donors (Lipinski definition) is 5. The first-order valence-electron chi connectivity index (χ1n) is 8.25. The van der Waals surface area contributed by atoms with Crippen LogP contribution in [0.4, 0.5) is 0 Å². The molecule has 0 aliphatic carbocycles. The largest absolute Gasteiger partial charge is 0.462 e. The first-order chi connectivity index (χ1) is 13.3. The molecule has 0 amide bonds. The topological polar surface area (TPSA) is 152 Å². The lowest BCUT2D eigenvalue weighted by Gasteiger charge is -2.20. The van der Waals surface area contributed by atoms with E-state index in [-0.39, 0.29) is 6.61 Å². The minimum Gasteiger partial charge on any atom is -0.462 e. The fraction of sp³-hybridized carbons (Fsp3) is 0.353. The van der Waals surface area contributed by atoms with E-state index in [4.69, 9.17) is 25.6 Å². The summed E-state index contributed by atoms with van der Waals surface area (Å²) in [5.74, 6) is -1.23. The van der Waals surface area contributed by atoms with Gasteiger partial charge in [0.25, 0.3) is 0 Å². The minimum absolute atomic E-state index is 0.0587. The number of hydrogen-bond acceptors (Lipinski definition) is 11. The van der Waals surface area contributed by atoms with E-state index >= 15 is 0 Å². The van der Waals surface area contributed by atoms with Crippen LogP contribution >= 0.6 is 0 Å². The van der Waals surface area contributed by atoms with Crippen LogP contribution in [0.15, 0.2) is 36.4 Å². The van der Waals surface area contributed by atoms with Crippen molar-refractivity contribution in [1.29, 1.82) is 0 Å². The van der Waals surface area contributed by atoms with Gasteiger partial charge in [-0.25, -0.2) is 9.68 Å². The van der Waals surface area contributed by atoms with Crippen molar-refractivity contribution in [3.8, 4) is 0 Å². The maximum absolute atomic E-state index is 12.3. The Balaban J connectivity index is 2.01. The van der Waals surface area contributed by atoms with E-state index in [1.807, 2.05) is 24.3 Å². The lowest BCUT2D eigenvalue weighted by molar-refractivity contribution is -0.527. The normalized spacial score (nSPS) is 13.9. The third kappa shape index (κ3) is 6.45. The smallest absolute Gasteiger partial charge is 0.313 e. The molecule has 2 aromatic rings. The molecule has 0 saturated carbocycles. The Bertz CT molecular complexity index is 784. The Morgan fingerprint density at radius 2 is 1.68 bits per heavy atom. The van der Waals surface area contributed by atoms with Crippen LogP contribution in [0, 0.1) is 0 Å². The highest BCUT2D eigenvalue weighted by molar-refractivity contribution is 5.86. The zero-order valence-electron chi connectivity index (χ0n) is 15.0. The first-order valence-corrected chi connectivity index (χ1v) is 8.25. The highest BCUT2D eigenvalue weighted by Crippen LogP contribution is 2.24. The van der Waals surface area contributed by atoms with Crippen LogP contribution in [0.25, 0.3) is 10.8 Å². The molecule has 11 heteroatoms. The summed E-state index contributed by atoms with van der Waals surface area (Å²) in [5.41, 5.74) is 1.48. The Hall–Kier alpha value is -2.19. The van der Waals surface area contributed by atoms with Gasteiger partial charge in [0, 0.05) is 0 Å². The Kier molecular flexibility index (Phi) is 8.19. The first kappa shape index (κ1) is 22.1. The van der Waals surface area contributed by atoms with Gasteiger partial charge in [-0.3, -0.25) is 25.6 Å². The molecule has 0 aliphatic rings. The van der Waals surface area contributed by atoms with Crippen LogP contribution in [-0.2, 0) is 25.8 Å². The summed E-state index contributed by atoms with van der Waals surface area (Å²) in [6.45, 7) is 0.597. The number of carbonyl (C=O) groups excluding carboxylic acids is 1. The molecule has 2 atom stereocenters. The van der Waals surface area contributed by atoms with Crippen LogP contribution in [0.3, 0.4) is 0 Å². The lowest BCUT2D eigenvalue weighted by Crippen LogP contribution is -2.35. The number of esters is 1. The van der Waals surface area contributed by atoms with E-state index < -0.39 is 42.0 Å². The predicted molar refractivity (Wildman–Crippen MR) is 90.9 cm³/mol. The van der Waals surface area contributed by atoms with E-state index in [0.29, 0.717) is 5.56 Å². The second-order valence-corrected chi connectivity index (χ2v) is 5.98. The van der Waals surface area contributed by atoms with Gasteiger partial charge in [-0.05, 0) is 34.9 Å². The Morgan fingerprint density at radius 1 is 1.00 bits per heavy atom. The van der Waals surface area contributed by atoms with Crippen LogP contribution < -0.4 is 0 Å². The summed E-state index contributed by atoms with van der Waals surface area (Å²) in [6, 6.07) is 10.9. The fourth-order valence-electron chi connectivity index (χ4n) is 2.51. The van der Waals surface area contributed by atoms with Crippen molar-refractivity contribution in [1.82, 2.24) is 10.8 Å². The van der Waals surface area contributed by atoms with Crippen molar-refractivity contribution >= 4 is 16.7 Å². The number of carbonyl (C=O) groups is 1. The van der Waals surface area contributed by atoms with Gasteiger partial charge in [0.15, 0.2) is 0 Å². The second kappa shape index (κ2) is 10.4. The molecule has 154 valence electrons. The number of fused-ring (bicyclic) bond motifs is 1. The summed E-state index contributed by atoms with van der Waals surface area (Å²) in [6.07, 6.45) is -1.22. The minimum atomic E-state index is -1.22. The van der Waals surface area contributed by atoms with Crippen LogP contribution in [0.1, 0.15) is 24.0 Å². The van der Waals surface area contributed by atoms with Crippen molar-refractivity contribution < 1.29 is 45.1 Å². The van der Waals surface area contributed by atoms with Gasteiger partial charge >= 0.3 is 5.97 Å². The maximum atomic E-state index is 12.3. The zero-order chi connectivity index (χ0) is 20.7. The second-order valence-electron chi connectivity index (χ2n) is 5.98. The van der Waals surface area contributed by atoms with Gasteiger partial charge < -0.3 is 9.84 Å². The molecule has 2 rings (SSSR count). The number of aliphatic hydroxyl groups excluding tert-OH is 1. The van der Waals surface area contributed by atoms with Crippen molar-refractivity contribution in [2.45, 2.75) is 25.6 Å². The number of rotatable bonds is 10. The molecule has 0 aromatic heterocycles. The van der Waals surface area contributed by atoms with Gasteiger partial charge in [-0.1, -0.05) is 30.3 Å². The molecule has 2 aromatic carbocycles. The molecule has 0 heterocycles. The van der Waals surface area contributed by atoms with E-state index in [1.54, 1.807) is 19.1 Å². The molecule has 5 N–H and O–H groups in total. The molecule has 0 bridgehead atoms. The molecule has 0 fully saturated rings. The number of nitrogens with zero attached hydrogens (tertiary/aromatic N) is 2. The molecule has 0 aliphatic heterocycles. The van der Waals surface area contributed by atoms with Gasteiger partial charge in [0.05, 0.1) is 23.3 Å². The summed E-state index contributed by atoms with van der Waals surface area (Å²) in [4.78, 5) is 21.1. The van der Waals surface area contributed by atoms with Crippen molar-refractivity contribution in [3.05, 3.63) is 47.5 Å². The van der Waals surface area contributed by atoms with E-state index in [2.05, 4.69) is 9.68 Å². The molecule has 0 radical (unpaired) electrons. The average molecular weight is 398 g/mol. The highest BCUT2D eigenvalue weighted by Gasteiger charge is 2.22. The molecule has 0 saturated heterocycles. The number of ether oxygens (including phenoxy) is 1. The monoisotopic (exact) mass is 398 g/mol. The molecule has 0 unspecified atom stereocenters. The summed E-state index contributed by atoms with van der Waals surface area (Å²) >= 11 is 0. The summed E-state index contributed by atoms with van der Waals surface area (Å²) < 4.78 is 5.09. The van der Waals surface area contributed by atoms with E-state index in [0.717, 1.165) is 16.3 Å². The van der Waals surface area contributed by atoms with Crippen molar-refractivity contribution in [2.75, 3.05) is 13.2 Å². The van der Waals surface area contributed by atoms with E-state index in [9.17, 15) is 9.90 Å². The van der Waals surface area contributed by atoms with Gasteiger partial charge in [0.1, 0.15) is 19.3 Å². The Morgan fingerprint density at radius 3 is 2.32 bits per heavy atom. The highest BCUT2D eigenvalue weighted by atomic mass is 17.1. The third-order valence-corrected chi connectivity index (χ3v) is 4.00.